The molecular formula is C17H19BrO3. The van der Waals surface area contributed by atoms with E-state index in [1.165, 1.54) is 0 Å². The Morgan fingerprint density at radius 3 is 2.48 bits per heavy atom. The summed E-state index contributed by atoms with van der Waals surface area (Å²) in [6, 6.07) is 15.4. The second-order valence-corrected chi connectivity index (χ2v) is 5.64. The van der Waals surface area contributed by atoms with Crippen molar-refractivity contribution in [1.82, 2.24) is 0 Å². The van der Waals surface area contributed by atoms with Gasteiger partial charge in [-0.25, -0.2) is 0 Å². The fraction of sp³-hybridized carbons (Fsp3) is 0.294. The van der Waals surface area contributed by atoms with Crippen molar-refractivity contribution in [2.75, 3.05) is 13.2 Å². The Labute approximate surface area is 133 Å². The van der Waals surface area contributed by atoms with Crippen LogP contribution in [0.2, 0.25) is 0 Å². The molecule has 4 heteroatoms. The van der Waals surface area contributed by atoms with Crippen LogP contribution in [-0.4, -0.2) is 18.3 Å². The molecule has 2 aromatic carbocycles. The molecule has 0 unspecified atom stereocenters. The van der Waals surface area contributed by atoms with Crippen LogP contribution in [0.25, 0.3) is 0 Å². The topological polar surface area (TPSA) is 38.7 Å². The van der Waals surface area contributed by atoms with Gasteiger partial charge in [-0.15, -0.1) is 0 Å². The lowest BCUT2D eigenvalue weighted by Gasteiger charge is -2.14. The zero-order valence-electron chi connectivity index (χ0n) is 12.0. The quantitative estimate of drug-likeness (QED) is 0.754. The second-order valence-electron chi connectivity index (χ2n) is 4.72. The molecule has 2 aromatic rings. The van der Waals surface area contributed by atoms with E-state index in [9.17, 15) is 5.11 Å². The van der Waals surface area contributed by atoms with Crippen molar-refractivity contribution < 1.29 is 14.6 Å². The summed E-state index contributed by atoms with van der Waals surface area (Å²) in [5.74, 6) is 1.57. The predicted octanol–water partition coefficient (Wildman–Crippen LogP) is 4.35. The molecule has 0 spiro atoms. The van der Waals surface area contributed by atoms with Crippen LogP contribution in [0.1, 0.15) is 25.0 Å². The molecule has 3 nitrogen and oxygen atoms in total. The van der Waals surface area contributed by atoms with Crippen LogP contribution in [0.15, 0.2) is 53.0 Å². The summed E-state index contributed by atoms with van der Waals surface area (Å²) in [4.78, 5) is 0. The van der Waals surface area contributed by atoms with Gasteiger partial charge in [-0.05, 0) is 31.2 Å². The molecule has 1 atom stereocenters. The van der Waals surface area contributed by atoms with E-state index in [4.69, 9.17) is 9.47 Å². The van der Waals surface area contributed by atoms with Gasteiger partial charge >= 0.3 is 0 Å². The molecule has 2 rings (SSSR count). The highest BCUT2D eigenvalue weighted by Gasteiger charge is 2.09. The van der Waals surface area contributed by atoms with Gasteiger partial charge in [-0.1, -0.05) is 40.2 Å². The van der Waals surface area contributed by atoms with Crippen LogP contribution in [-0.2, 0) is 0 Å². The molecule has 0 aliphatic carbocycles. The maximum Gasteiger partial charge on any atom is 0.126 e. The lowest BCUT2D eigenvalue weighted by Crippen LogP contribution is -2.07. The molecule has 0 amide bonds. The monoisotopic (exact) mass is 350 g/mol. The minimum absolute atomic E-state index is 0.545. The summed E-state index contributed by atoms with van der Waals surface area (Å²) in [5, 5.41) is 9.73. The minimum atomic E-state index is -0.548. The maximum atomic E-state index is 9.73. The van der Waals surface area contributed by atoms with E-state index in [1.54, 1.807) is 6.92 Å². The van der Waals surface area contributed by atoms with E-state index < -0.39 is 6.10 Å². The van der Waals surface area contributed by atoms with Crippen molar-refractivity contribution >= 4 is 15.9 Å². The van der Waals surface area contributed by atoms with Crippen LogP contribution < -0.4 is 9.47 Å². The van der Waals surface area contributed by atoms with E-state index in [-0.39, 0.29) is 0 Å². The van der Waals surface area contributed by atoms with Gasteiger partial charge in [0.05, 0.1) is 19.3 Å². The first-order valence-electron chi connectivity index (χ1n) is 6.95. The van der Waals surface area contributed by atoms with Gasteiger partial charge in [-0.3, -0.25) is 0 Å². The van der Waals surface area contributed by atoms with Crippen molar-refractivity contribution in [3.8, 4) is 11.5 Å². The molecule has 0 radical (unpaired) electrons. The number of benzene rings is 2. The van der Waals surface area contributed by atoms with Gasteiger partial charge in [0, 0.05) is 16.5 Å². The zero-order valence-corrected chi connectivity index (χ0v) is 13.5. The third-order valence-corrected chi connectivity index (χ3v) is 3.48. The molecule has 112 valence electrons. The second kappa shape index (κ2) is 8.05. The summed E-state index contributed by atoms with van der Waals surface area (Å²) in [7, 11) is 0. The SMILES string of the molecule is C[C@@H](O)c1ccc(Br)cc1OCCCOc1ccccc1. The smallest absolute Gasteiger partial charge is 0.126 e. The molecule has 1 N–H and O–H groups in total. The summed E-state index contributed by atoms with van der Waals surface area (Å²) >= 11 is 3.41. The van der Waals surface area contributed by atoms with Gasteiger partial charge in [-0.2, -0.15) is 0 Å². The number of hydrogen-bond acceptors (Lipinski definition) is 3. The largest absolute Gasteiger partial charge is 0.493 e. The Balaban J connectivity index is 1.79. The maximum absolute atomic E-state index is 9.73. The van der Waals surface area contributed by atoms with Gasteiger partial charge in [0.15, 0.2) is 0 Å². The number of para-hydroxylation sites is 1. The first-order valence-corrected chi connectivity index (χ1v) is 7.74. The molecule has 0 saturated carbocycles. The molecule has 0 saturated heterocycles. The van der Waals surface area contributed by atoms with Crippen LogP contribution in [0, 0.1) is 0 Å². The molecule has 0 fully saturated rings. The Hall–Kier alpha value is -1.52. The third kappa shape index (κ3) is 5.06. The third-order valence-electron chi connectivity index (χ3n) is 2.98. The van der Waals surface area contributed by atoms with Crippen LogP contribution in [0.4, 0.5) is 0 Å². The Kier molecular flexibility index (Phi) is 6.08. The van der Waals surface area contributed by atoms with E-state index in [2.05, 4.69) is 15.9 Å². The zero-order chi connectivity index (χ0) is 15.1. The number of aliphatic hydroxyl groups excluding tert-OH is 1. The van der Waals surface area contributed by atoms with E-state index in [1.807, 2.05) is 48.5 Å². The summed E-state index contributed by atoms with van der Waals surface area (Å²) < 4.78 is 12.3. The van der Waals surface area contributed by atoms with Gasteiger partial charge < -0.3 is 14.6 Å². The van der Waals surface area contributed by atoms with Crippen molar-refractivity contribution in [3.05, 3.63) is 58.6 Å². The summed E-state index contributed by atoms with van der Waals surface area (Å²) in [6.07, 6.45) is 0.231. The standard InChI is InChI=1S/C17H19BrO3/c1-13(19)16-9-8-14(18)12-17(16)21-11-5-10-20-15-6-3-2-4-7-15/h2-4,6-9,12-13,19H,5,10-11H2,1H3/t13-/m1/s1. The summed E-state index contributed by atoms with van der Waals surface area (Å²) in [6.45, 7) is 2.87. The molecule has 0 bridgehead atoms. The highest BCUT2D eigenvalue weighted by molar-refractivity contribution is 9.10. The minimum Gasteiger partial charge on any atom is -0.493 e. The van der Waals surface area contributed by atoms with Crippen molar-refractivity contribution in [3.63, 3.8) is 0 Å². The van der Waals surface area contributed by atoms with Crippen molar-refractivity contribution in [1.29, 1.82) is 0 Å². The lowest BCUT2D eigenvalue weighted by atomic mass is 10.1. The van der Waals surface area contributed by atoms with Crippen LogP contribution in [0.3, 0.4) is 0 Å². The van der Waals surface area contributed by atoms with E-state index >= 15 is 0 Å². The lowest BCUT2D eigenvalue weighted by molar-refractivity contribution is 0.188. The van der Waals surface area contributed by atoms with Crippen molar-refractivity contribution in [2.45, 2.75) is 19.4 Å². The molecule has 21 heavy (non-hydrogen) atoms. The Morgan fingerprint density at radius 2 is 1.76 bits per heavy atom. The molecule has 0 aromatic heterocycles. The number of rotatable bonds is 7. The van der Waals surface area contributed by atoms with Crippen LogP contribution in [0.5, 0.6) is 11.5 Å². The Morgan fingerprint density at radius 1 is 1.05 bits per heavy atom. The average Bonchev–Trinajstić information content (AvgIpc) is 2.48. The van der Waals surface area contributed by atoms with Gasteiger partial charge in [0.2, 0.25) is 0 Å². The van der Waals surface area contributed by atoms with Gasteiger partial charge in [0.25, 0.3) is 0 Å². The Bertz CT molecular complexity index is 555. The molecule has 0 aliphatic rings. The fourth-order valence-corrected chi connectivity index (χ4v) is 2.27. The van der Waals surface area contributed by atoms with Crippen LogP contribution >= 0.6 is 15.9 Å². The highest BCUT2D eigenvalue weighted by Crippen LogP contribution is 2.28. The van der Waals surface area contributed by atoms with E-state index in [0.717, 1.165) is 22.2 Å². The number of aliphatic hydroxyl groups is 1. The average molecular weight is 351 g/mol. The molecule has 0 aliphatic heterocycles. The number of ether oxygens (including phenoxy) is 2. The number of hydrogen-bond donors (Lipinski definition) is 1. The van der Waals surface area contributed by atoms with Gasteiger partial charge in [0.1, 0.15) is 11.5 Å². The molecular weight excluding hydrogens is 332 g/mol. The van der Waals surface area contributed by atoms with E-state index in [0.29, 0.717) is 19.0 Å². The molecule has 0 heterocycles. The normalized spacial score (nSPS) is 12.0. The highest BCUT2D eigenvalue weighted by atomic mass is 79.9. The van der Waals surface area contributed by atoms with Crippen molar-refractivity contribution in [2.24, 2.45) is 0 Å². The fourth-order valence-electron chi connectivity index (χ4n) is 1.93. The summed E-state index contributed by atoms with van der Waals surface area (Å²) in [5.41, 5.74) is 0.794. The predicted molar refractivity (Wildman–Crippen MR) is 86.8 cm³/mol. The number of halogens is 1. The first-order chi connectivity index (χ1) is 10.2. The first kappa shape index (κ1) is 15.9.